The van der Waals surface area contributed by atoms with Crippen molar-refractivity contribution in [3.8, 4) is 17.3 Å². The van der Waals surface area contributed by atoms with Gasteiger partial charge in [-0.05, 0) is 18.2 Å². The van der Waals surface area contributed by atoms with Gasteiger partial charge in [0, 0.05) is 38.7 Å². The molecule has 0 radical (unpaired) electrons. The van der Waals surface area contributed by atoms with Crippen molar-refractivity contribution in [2.24, 2.45) is 0 Å². The summed E-state index contributed by atoms with van der Waals surface area (Å²) in [6, 6.07) is 13.4. The molecule has 0 fully saturated rings. The molecule has 3 aromatic rings. The van der Waals surface area contributed by atoms with Crippen LogP contribution in [0.4, 0.5) is 5.69 Å². The van der Waals surface area contributed by atoms with Crippen molar-refractivity contribution in [1.82, 2.24) is 4.98 Å². The minimum atomic E-state index is -0.462. The summed E-state index contributed by atoms with van der Waals surface area (Å²) >= 11 is 13.6. The van der Waals surface area contributed by atoms with Gasteiger partial charge in [0.15, 0.2) is 0 Å². The molecule has 5 nitrogen and oxygen atoms in total. The van der Waals surface area contributed by atoms with Crippen LogP contribution in [0.2, 0.25) is 10.0 Å². The summed E-state index contributed by atoms with van der Waals surface area (Å²) < 4.78 is 0. The second-order valence-electron chi connectivity index (χ2n) is 5.15. The first-order valence-corrected chi connectivity index (χ1v) is 8.89. The van der Waals surface area contributed by atoms with Gasteiger partial charge >= 0.3 is 0 Å². The molecule has 0 bridgehead atoms. The highest BCUT2D eigenvalue weighted by atomic mass is 35.5. The number of nitriles is 1. The SMILES string of the molecule is N#C/C(=C\c1c(Cl)cccc1Cl)c1nc(-c2cccc([N+](=O)[O-])c2)cs1. The summed E-state index contributed by atoms with van der Waals surface area (Å²) in [4.78, 5) is 14.9. The molecule has 128 valence electrons. The van der Waals surface area contributed by atoms with Crippen molar-refractivity contribution in [2.45, 2.75) is 0 Å². The number of allylic oxidation sites excluding steroid dienone is 1. The normalized spacial score (nSPS) is 11.2. The molecule has 3 rings (SSSR count). The Balaban J connectivity index is 2.01. The number of nitro benzene ring substituents is 1. The second kappa shape index (κ2) is 7.67. The Morgan fingerprint density at radius 1 is 1.23 bits per heavy atom. The molecule has 0 amide bonds. The number of rotatable bonds is 4. The van der Waals surface area contributed by atoms with E-state index >= 15 is 0 Å². The molecule has 0 atom stereocenters. The molecular formula is C18H9Cl2N3O2S. The van der Waals surface area contributed by atoms with Gasteiger partial charge in [-0.1, -0.05) is 41.4 Å². The van der Waals surface area contributed by atoms with Crippen LogP contribution in [0.15, 0.2) is 47.8 Å². The molecule has 0 aliphatic heterocycles. The molecule has 0 spiro atoms. The summed E-state index contributed by atoms with van der Waals surface area (Å²) in [5.74, 6) is 0. The van der Waals surface area contributed by atoms with Gasteiger partial charge in [0.2, 0.25) is 0 Å². The van der Waals surface area contributed by atoms with E-state index in [1.165, 1.54) is 23.5 Å². The number of halogens is 2. The highest BCUT2D eigenvalue weighted by Gasteiger charge is 2.13. The van der Waals surface area contributed by atoms with E-state index in [1.807, 2.05) is 0 Å². The Morgan fingerprint density at radius 2 is 1.92 bits per heavy atom. The van der Waals surface area contributed by atoms with Crippen LogP contribution in [0, 0.1) is 21.4 Å². The lowest BCUT2D eigenvalue weighted by molar-refractivity contribution is -0.384. The zero-order valence-electron chi connectivity index (χ0n) is 13.0. The number of nitrogens with zero attached hydrogens (tertiary/aromatic N) is 3. The lowest BCUT2D eigenvalue weighted by Crippen LogP contribution is -1.88. The number of nitro groups is 1. The monoisotopic (exact) mass is 401 g/mol. The van der Waals surface area contributed by atoms with Gasteiger partial charge < -0.3 is 0 Å². The van der Waals surface area contributed by atoms with Gasteiger partial charge in [-0.3, -0.25) is 10.1 Å². The molecule has 1 aromatic heterocycles. The van der Waals surface area contributed by atoms with E-state index in [4.69, 9.17) is 23.2 Å². The summed E-state index contributed by atoms with van der Waals surface area (Å²) in [5.41, 5.74) is 1.99. The van der Waals surface area contributed by atoms with E-state index < -0.39 is 4.92 Å². The predicted molar refractivity (Wildman–Crippen MR) is 104 cm³/mol. The lowest BCUT2D eigenvalue weighted by atomic mass is 10.1. The van der Waals surface area contributed by atoms with Crippen LogP contribution in [-0.2, 0) is 0 Å². The van der Waals surface area contributed by atoms with Gasteiger partial charge in [0.1, 0.15) is 11.1 Å². The Hall–Kier alpha value is -2.72. The van der Waals surface area contributed by atoms with Gasteiger partial charge in [-0.15, -0.1) is 11.3 Å². The van der Waals surface area contributed by atoms with E-state index in [0.717, 1.165) is 0 Å². The fourth-order valence-electron chi connectivity index (χ4n) is 2.24. The zero-order valence-corrected chi connectivity index (χ0v) is 15.3. The molecule has 0 saturated carbocycles. The molecule has 26 heavy (non-hydrogen) atoms. The number of non-ortho nitro benzene ring substituents is 1. The standard InChI is InChI=1S/C18H9Cl2N3O2S/c19-15-5-2-6-16(20)14(15)8-12(9-21)18-22-17(10-26-18)11-3-1-4-13(7-11)23(24)25/h1-8,10H/b12-8+. The third-order valence-corrected chi connectivity index (χ3v) is 5.03. The molecular weight excluding hydrogens is 393 g/mol. The van der Waals surface area contributed by atoms with Crippen LogP contribution in [-0.4, -0.2) is 9.91 Å². The van der Waals surface area contributed by atoms with Crippen LogP contribution in [0.5, 0.6) is 0 Å². The first kappa shape index (κ1) is 18.1. The van der Waals surface area contributed by atoms with E-state index in [1.54, 1.807) is 41.8 Å². The first-order chi connectivity index (χ1) is 12.5. The van der Waals surface area contributed by atoms with Crippen LogP contribution < -0.4 is 0 Å². The minimum absolute atomic E-state index is 0.0176. The van der Waals surface area contributed by atoms with Crippen LogP contribution in [0.3, 0.4) is 0 Å². The summed E-state index contributed by atoms with van der Waals surface area (Å²) in [7, 11) is 0. The number of thiazole rings is 1. The summed E-state index contributed by atoms with van der Waals surface area (Å²) in [5, 5.41) is 23.5. The zero-order chi connectivity index (χ0) is 18.7. The first-order valence-electron chi connectivity index (χ1n) is 7.26. The highest BCUT2D eigenvalue weighted by Crippen LogP contribution is 2.32. The van der Waals surface area contributed by atoms with E-state index in [9.17, 15) is 15.4 Å². The van der Waals surface area contributed by atoms with Crippen molar-refractivity contribution in [3.63, 3.8) is 0 Å². The minimum Gasteiger partial charge on any atom is -0.258 e. The third-order valence-electron chi connectivity index (χ3n) is 3.50. The number of aromatic nitrogens is 1. The lowest BCUT2D eigenvalue weighted by Gasteiger charge is -2.02. The van der Waals surface area contributed by atoms with Crippen LogP contribution in [0.1, 0.15) is 10.6 Å². The maximum Gasteiger partial charge on any atom is 0.270 e. The molecule has 0 saturated heterocycles. The van der Waals surface area contributed by atoms with Crippen molar-refractivity contribution in [1.29, 1.82) is 5.26 Å². The maximum atomic E-state index is 10.9. The van der Waals surface area contributed by atoms with Gasteiger partial charge in [-0.25, -0.2) is 4.98 Å². The third kappa shape index (κ3) is 3.75. The van der Waals surface area contributed by atoms with Crippen molar-refractivity contribution >= 4 is 51.9 Å². The molecule has 1 heterocycles. The Bertz CT molecular complexity index is 1050. The largest absolute Gasteiger partial charge is 0.270 e. The van der Waals surface area contributed by atoms with Crippen molar-refractivity contribution < 1.29 is 4.92 Å². The molecule has 0 aliphatic carbocycles. The molecule has 0 N–H and O–H groups in total. The van der Waals surface area contributed by atoms with Crippen molar-refractivity contribution in [3.05, 3.63) is 78.6 Å². The van der Waals surface area contributed by atoms with Gasteiger partial charge in [0.25, 0.3) is 5.69 Å². The predicted octanol–water partition coefficient (Wildman–Crippen LogP) is 6.09. The van der Waals surface area contributed by atoms with Crippen LogP contribution in [0.25, 0.3) is 22.9 Å². The maximum absolute atomic E-state index is 10.9. The summed E-state index contributed by atoms with van der Waals surface area (Å²) in [6.07, 6.45) is 1.58. The quantitative estimate of drug-likeness (QED) is 0.301. The summed E-state index contributed by atoms with van der Waals surface area (Å²) in [6.45, 7) is 0. The molecule has 0 aliphatic rings. The van der Waals surface area contributed by atoms with Crippen LogP contribution >= 0.6 is 34.5 Å². The number of benzene rings is 2. The topological polar surface area (TPSA) is 79.8 Å². The van der Waals surface area contributed by atoms with E-state index in [0.29, 0.717) is 37.4 Å². The van der Waals surface area contributed by atoms with Crippen molar-refractivity contribution in [2.75, 3.05) is 0 Å². The Labute approximate surface area is 162 Å². The Morgan fingerprint density at radius 3 is 2.58 bits per heavy atom. The smallest absolute Gasteiger partial charge is 0.258 e. The highest BCUT2D eigenvalue weighted by molar-refractivity contribution is 7.11. The van der Waals surface area contributed by atoms with Gasteiger partial charge in [-0.2, -0.15) is 5.26 Å². The van der Waals surface area contributed by atoms with E-state index in [-0.39, 0.29) is 5.69 Å². The van der Waals surface area contributed by atoms with Gasteiger partial charge in [0.05, 0.1) is 16.2 Å². The average Bonchev–Trinajstić information content (AvgIpc) is 3.11. The molecule has 0 unspecified atom stereocenters. The molecule has 2 aromatic carbocycles. The second-order valence-corrected chi connectivity index (χ2v) is 6.82. The number of hydrogen-bond donors (Lipinski definition) is 0. The fourth-order valence-corrected chi connectivity index (χ4v) is 3.54. The van der Waals surface area contributed by atoms with E-state index in [2.05, 4.69) is 11.1 Å². The number of hydrogen-bond acceptors (Lipinski definition) is 5. The fraction of sp³-hybridized carbons (Fsp3) is 0. The Kier molecular flexibility index (Phi) is 5.33. The average molecular weight is 402 g/mol. The molecule has 8 heteroatoms.